The van der Waals surface area contributed by atoms with E-state index in [1.54, 1.807) is 12.4 Å². The second kappa shape index (κ2) is 11.8. The normalized spacial score (nSPS) is 12.9. The van der Waals surface area contributed by atoms with Crippen LogP contribution in [0.2, 0.25) is 0 Å². The van der Waals surface area contributed by atoms with Crippen LogP contribution >= 0.6 is 0 Å². The van der Waals surface area contributed by atoms with E-state index in [4.69, 9.17) is 10.5 Å². The van der Waals surface area contributed by atoms with Crippen molar-refractivity contribution in [3.63, 3.8) is 0 Å². The Morgan fingerprint density at radius 1 is 1.26 bits per heavy atom. The van der Waals surface area contributed by atoms with E-state index in [2.05, 4.69) is 32.5 Å². The molecule has 3 aromatic rings. The number of nitrogens with two attached hydrogens (primary N) is 1. The summed E-state index contributed by atoms with van der Waals surface area (Å²) in [5.74, 6) is 1.39. The first-order valence-corrected chi connectivity index (χ1v) is 11.8. The number of pyridine rings is 2. The first kappa shape index (κ1) is 23.9. The van der Waals surface area contributed by atoms with Gasteiger partial charge in [0, 0.05) is 67.3 Å². The van der Waals surface area contributed by atoms with Gasteiger partial charge in [-0.25, -0.2) is 4.98 Å². The zero-order chi connectivity index (χ0) is 24.5. The highest BCUT2D eigenvalue weighted by atomic mass is 16.5. The molecule has 4 rings (SSSR count). The zero-order valence-electron chi connectivity index (χ0n) is 19.8. The maximum Gasteiger partial charge on any atom is 0.258 e. The smallest absolute Gasteiger partial charge is 0.258 e. The van der Waals surface area contributed by atoms with E-state index >= 15 is 0 Å². The molecule has 180 valence electrons. The van der Waals surface area contributed by atoms with Crippen LogP contribution in [0.5, 0.6) is 5.75 Å². The summed E-state index contributed by atoms with van der Waals surface area (Å²) >= 11 is 0. The van der Waals surface area contributed by atoms with Crippen LogP contribution in [0.4, 0.5) is 11.5 Å². The summed E-state index contributed by atoms with van der Waals surface area (Å²) in [6, 6.07) is 11.6. The van der Waals surface area contributed by atoms with Crippen LogP contribution in [0.25, 0.3) is 11.1 Å². The molecule has 0 saturated carbocycles. The Balaban J connectivity index is 1.42. The van der Waals surface area contributed by atoms with Crippen molar-refractivity contribution < 1.29 is 9.53 Å². The van der Waals surface area contributed by atoms with Gasteiger partial charge in [-0.2, -0.15) is 0 Å². The van der Waals surface area contributed by atoms with Crippen LogP contribution in [0.3, 0.4) is 0 Å². The van der Waals surface area contributed by atoms with E-state index in [1.807, 2.05) is 42.6 Å². The van der Waals surface area contributed by atoms with Crippen molar-refractivity contribution >= 4 is 23.6 Å². The molecule has 4 N–H and O–H groups in total. The van der Waals surface area contributed by atoms with Crippen LogP contribution < -0.4 is 21.1 Å². The van der Waals surface area contributed by atoms with Gasteiger partial charge in [0.15, 0.2) is 0 Å². The lowest BCUT2D eigenvalue weighted by molar-refractivity contribution is -0.112. The van der Waals surface area contributed by atoms with E-state index in [-0.39, 0.29) is 5.91 Å². The van der Waals surface area contributed by atoms with Gasteiger partial charge in [0.25, 0.3) is 5.91 Å². The molecule has 35 heavy (non-hydrogen) atoms. The number of aliphatic imine (C=N–C) groups is 1. The molecule has 0 saturated heterocycles. The number of rotatable bonds is 10. The average molecular weight is 471 g/mol. The van der Waals surface area contributed by atoms with Crippen LogP contribution in [0.1, 0.15) is 30.9 Å². The Morgan fingerprint density at radius 3 is 2.91 bits per heavy atom. The number of anilines is 2. The molecule has 0 radical (unpaired) electrons. The van der Waals surface area contributed by atoms with Gasteiger partial charge in [-0.15, -0.1) is 0 Å². The molecule has 0 bridgehead atoms. The number of carbonyl (C=O) groups is 1. The molecule has 0 aliphatic carbocycles. The Labute approximate surface area is 205 Å². The maximum atomic E-state index is 12.6. The number of benzene rings is 1. The molecule has 0 spiro atoms. The number of aromatic nitrogens is 2. The molecular weight excluding hydrogens is 440 g/mol. The quantitative estimate of drug-likeness (QED) is 0.231. The van der Waals surface area contributed by atoms with E-state index in [0.29, 0.717) is 31.0 Å². The molecular formula is C27H30N6O2. The first-order chi connectivity index (χ1) is 17.2. The van der Waals surface area contributed by atoms with E-state index in [1.165, 1.54) is 12.4 Å². The number of fused-ring (bicyclic) bond motifs is 1. The van der Waals surface area contributed by atoms with Crippen molar-refractivity contribution in [2.45, 2.75) is 32.7 Å². The molecule has 1 amide bonds. The molecule has 1 aromatic carbocycles. The average Bonchev–Trinajstić information content (AvgIpc) is 3.38. The Morgan fingerprint density at radius 2 is 2.11 bits per heavy atom. The van der Waals surface area contributed by atoms with E-state index < -0.39 is 0 Å². The summed E-state index contributed by atoms with van der Waals surface area (Å²) in [5, 5.41) is 6.32. The van der Waals surface area contributed by atoms with Gasteiger partial charge in [0.05, 0.1) is 12.2 Å². The van der Waals surface area contributed by atoms with Gasteiger partial charge in [-0.1, -0.05) is 25.5 Å². The monoisotopic (exact) mass is 470 g/mol. The minimum absolute atomic E-state index is 0.291. The van der Waals surface area contributed by atoms with E-state index in [9.17, 15) is 4.79 Å². The van der Waals surface area contributed by atoms with Gasteiger partial charge >= 0.3 is 0 Å². The minimum Gasteiger partial charge on any atom is -0.492 e. The summed E-state index contributed by atoms with van der Waals surface area (Å²) in [6.07, 6.45) is 11.0. The van der Waals surface area contributed by atoms with Crippen LogP contribution in [0.15, 0.2) is 71.8 Å². The first-order valence-electron chi connectivity index (χ1n) is 11.8. The number of hydrogen-bond acceptors (Lipinski definition) is 7. The molecule has 8 heteroatoms. The number of carbonyl (C=O) groups excluding carboxylic acids is 1. The third-order valence-electron chi connectivity index (χ3n) is 5.67. The number of nitrogens with zero attached hydrogens (tertiary/aromatic N) is 3. The Hall–Kier alpha value is -4.20. The van der Waals surface area contributed by atoms with Gasteiger partial charge in [-0.3, -0.25) is 14.8 Å². The summed E-state index contributed by atoms with van der Waals surface area (Å²) < 4.78 is 5.94. The predicted octanol–water partition coefficient (Wildman–Crippen LogP) is 4.34. The van der Waals surface area contributed by atoms with Crippen molar-refractivity contribution in [2.75, 3.05) is 23.8 Å². The van der Waals surface area contributed by atoms with Crippen molar-refractivity contribution in [1.82, 2.24) is 9.97 Å². The highest BCUT2D eigenvalue weighted by Gasteiger charge is 2.22. The van der Waals surface area contributed by atoms with Crippen molar-refractivity contribution in [1.29, 1.82) is 0 Å². The molecule has 0 atom stereocenters. The molecule has 2 aromatic heterocycles. The lowest BCUT2D eigenvalue weighted by Crippen LogP contribution is -2.17. The molecule has 1 aliphatic rings. The summed E-state index contributed by atoms with van der Waals surface area (Å²) in [6.45, 7) is 3.96. The second-order valence-electron chi connectivity index (χ2n) is 8.18. The van der Waals surface area contributed by atoms with Gasteiger partial charge < -0.3 is 21.1 Å². The highest BCUT2D eigenvalue weighted by Crippen LogP contribution is 2.39. The fourth-order valence-electron chi connectivity index (χ4n) is 3.81. The van der Waals surface area contributed by atoms with Gasteiger partial charge in [0.1, 0.15) is 11.6 Å². The minimum atomic E-state index is -0.291. The molecule has 3 heterocycles. The Kier molecular flexibility index (Phi) is 8.06. The topological polar surface area (TPSA) is 115 Å². The standard InChI is InChI=1S/C27H30N6O2/c1-2-3-10-30-17-21(15-28)27(34)33-22-6-4-5-19(14-22)16-31-26-23-9-13-35-25(23)24(18-32-26)20-7-11-29-12-8-20/h4-8,11-12,14-15,17-18H,2-3,9-10,13,16,28H2,1H3,(H,31,32)(H,33,34)/b21-15+,30-17?. The Bertz CT molecular complexity index is 1220. The fraction of sp³-hybridized carbons (Fsp3) is 0.259. The van der Waals surface area contributed by atoms with E-state index in [0.717, 1.165) is 53.1 Å². The number of amides is 1. The number of hydrogen-bond donors (Lipinski definition) is 3. The molecule has 1 aliphatic heterocycles. The number of ether oxygens (including phenoxy) is 1. The van der Waals surface area contributed by atoms with Gasteiger partial charge in [-0.05, 0) is 41.8 Å². The number of unbranched alkanes of at least 4 members (excludes halogenated alkanes) is 1. The van der Waals surface area contributed by atoms with Crippen LogP contribution in [-0.2, 0) is 17.8 Å². The molecule has 0 unspecified atom stereocenters. The van der Waals surface area contributed by atoms with Gasteiger partial charge in [0.2, 0.25) is 0 Å². The van der Waals surface area contributed by atoms with Crippen molar-refractivity contribution in [3.8, 4) is 16.9 Å². The van der Waals surface area contributed by atoms with Crippen molar-refractivity contribution in [2.24, 2.45) is 10.7 Å². The SMILES string of the molecule is CCCCN=C/C(=C\N)C(=O)Nc1cccc(CNc2ncc(-c3ccncc3)c3c2CCO3)c1. The predicted molar refractivity (Wildman–Crippen MR) is 140 cm³/mol. The fourth-order valence-corrected chi connectivity index (χ4v) is 3.81. The highest BCUT2D eigenvalue weighted by molar-refractivity contribution is 6.17. The number of nitrogens with one attached hydrogen (secondary N) is 2. The summed E-state index contributed by atoms with van der Waals surface area (Å²) in [7, 11) is 0. The second-order valence-corrected chi connectivity index (χ2v) is 8.18. The molecule has 8 nitrogen and oxygen atoms in total. The third kappa shape index (κ3) is 6.03. The largest absolute Gasteiger partial charge is 0.492 e. The third-order valence-corrected chi connectivity index (χ3v) is 5.67. The summed E-state index contributed by atoms with van der Waals surface area (Å²) in [5.41, 5.74) is 10.7. The zero-order valence-corrected chi connectivity index (χ0v) is 19.8. The maximum absolute atomic E-state index is 12.6. The van der Waals surface area contributed by atoms with Crippen LogP contribution in [0, 0.1) is 0 Å². The van der Waals surface area contributed by atoms with Crippen LogP contribution in [-0.4, -0.2) is 35.2 Å². The lowest BCUT2D eigenvalue weighted by atomic mass is 10.0. The summed E-state index contributed by atoms with van der Waals surface area (Å²) in [4.78, 5) is 25.6. The lowest BCUT2D eigenvalue weighted by Gasteiger charge is -2.13. The molecule has 0 fully saturated rings. The van der Waals surface area contributed by atoms with Crippen molar-refractivity contribution in [3.05, 3.63) is 77.9 Å².